The second-order valence-electron chi connectivity index (χ2n) is 13.3. The minimum absolute atomic E-state index is 0.0467. The van der Waals surface area contributed by atoms with Gasteiger partial charge in [-0.05, 0) is 37.5 Å². The number of nitrogens with zero attached hydrogens (tertiary/aromatic N) is 6. The van der Waals surface area contributed by atoms with Crippen molar-refractivity contribution in [2.75, 3.05) is 91.7 Å². The van der Waals surface area contributed by atoms with Gasteiger partial charge in [-0.15, -0.1) is 0 Å². The Morgan fingerprint density at radius 3 is 1.91 bits per heavy atom. The van der Waals surface area contributed by atoms with E-state index in [4.69, 9.17) is 4.74 Å². The van der Waals surface area contributed by atoms with Crippen LogP contribution in [0.25, 0.3) is 11.0 Å². The van der Waals surface area contributed by atoms with E-state index < -0.39 is 29.1 Å². The van der Waals surface area contributed by atoms with Crippen molar-refractivity contribution in [1.82, 2.24) is 39.9 Å². The molecule has 1 saturated heterocycles. The van der Waals surface area contributed by atoms with Crippen molar-refractivity contribution in [2.24, 2.45) is 0 Å². The van der Waals surface area contributed by atoms with E-state index >= 15 is 0 Å². The van der Waals surface area contributed by atoms with Gasteiger partial charge < -0.3 is 29.9 Å². The summed E-state index contributed by atoms with van der Waals surface area (Å²) < 4.78 is 18.9. The summed E-state index contributed by atoms with van der Waals surface area (Å²) in [6.07, 6.45) is 4.64. The highest BCUT2D eigenvalue weighted by Crippen LogP contribution is 2.23. The fourth-order valence-electron chi connectivity index (χ4n) is 6.11. The number of aromatic amines is 1. The number of unbranched alkanes of at least 4 members (excludes halogenated alkanes) is 2. The zero-order chi connectivity index (χ0) is 40.5. The number of aliphatic carboxylic acids is 3. The number of carboxylic acid groups (broad SMARTS) is 3. The molecule has 0 spiro atoms. The molecule has 0 bridgehead atoms. The van der Waals surface area contributed by atoms with Gasteiger partial charge in [-0.2, -0.15) is 4.98 Å². The highest BCUT2D eigenvalue weighted by atomic mass is 32.2. The molecule has 1 fully saturated rings. The number of hydrogen-bond donors (Lipinski definition) is 5. The third-order valence-electron chi connectivity index (χ3n) is 9.05. The number of imidazole rings is 1. The second-order valence-corrected chi connectivity index (χ2v) is 14.6. The van der Waals surface area contributed by atoms with E-state index in [1.807, 2.05) is 4.90 Å². The lowest BCUT2D eigenvalue weighted by Crippen LogP contribution is -2.49. The molecule has 1 amide bonds. The number of nitrogens with one attached hydrogen (secondary N) is 2. The van der Waals surface area contributed by atoms with Crippen LogP contribution in [0.5, 0.6) is 5.75 Å². The minimum atomic E-state index is -1.66. The van der Waals surface area contributed by atoms with E-state index in [1.165, 1.54) is 12.3 Å². The molecule has 20 heteroatoms. The summed E-state index contributed by atoms with van der Waals surface area (Å²) >= 11 is -1.66. The first kappa shape index (κ1) is 43.7. The molecule has 1 unspecified atom stereocenters. The first-order valence-electron chi connectivity index (χ1n) is 18.1. The lowest BCUT2D eigenvalue weighted by Gasteiger charge is -2.32. The van der Waals surface area contributed by atoms with E-state index in [9.17, 15) is 48.6 Å². The van der Waals surface area contributed by atoms with Crippen LogP contribution in [0.2, 0.25) is 0 Å². The van der Waals surface area contributed by atoms with Crippen LogP contribution in [0.1, 0.15) is 45.7 Å². The zero-order valence-corrected chi connectivity index (χ0v) is 31.8. The third-order valence-corrected chi connectivity index (χ3v) is 10.2. The number of amides is 1. The predicted molar refractivity (Wildman–Crippen MR) is 202 cm³/mol. The lowest BCUT2D eigenvalue weighted by molar-refractivity contribution is -0.140. The van der Waals surface area contributed by atoms with Gasteiger partial charge in [0.2, 0.25) is 5.91 Å². The van der Waals surface area contributed by atoms with Crippen LogP contribution in [0, 0.1) is 0 Å². The Bertz CT molecular complexity index is 1780. The number of carboxylic acids is 3. The smallest absolute Gasteiger partial charge is 0.322 e. The van der Waals surface area contributed by atoms with Crippen LogP contribution >= 0.6 is 0 Å². The highest BCUT2D eigenvalue weighted by molar-refractivity contribution is 7.90. The number of fused-ring (bicyclic) bond motifs is 1. The summed E-state index contributed by atoms with van der Waals surface area (Å²) in [4.78, 5) is 88.6. The van der Waals surface area contributed by atoms with Crippen molar-refractivity contribution in [3.63, 3.8) is 0 Å². The standard InChI is InChI=1S/C36H48N8O11S/c45-23-26-6-8-37-31(28(26)24-46)25-56(54)36-39-29-5-4-27(18-30(29)40-36)55-17-3-1-2-7-38-32(47)19-41-9-11-42(20-33(48)49)13-15-44(22-35(52)53)16-14-43(12-10-41)21-34(50)51/h4-6,8,18,23-24H,1-3,7,9-17,19-22,25H2,(H,38,47)(H,39,40)(H,48,49)(H,50,51)(H,52,53). The van der Waals surface area contributed by atoms with Gasteiger partial charge in [-0.25, -0.2) is 0 Å². The Morgan fingerprint density at radius 2 is 1.38 bits per heavy atom. The molecular formula is C36H48N8O11S. The largest absolute Gasteiger partial charge is 0.609 e. The molecule has 56 heavy (non-hydrogen) atoms. The van der Waals surface area contributed by atoms with E-state index in [0.717, 1.165) is 6.42 Å². The number of carbonyl (C=O) groups excluding carboxylic acids is 3. The number of rotatable bonds is 20. The topological polar surface area (TPSA) is 262 Å². The van der Waals surface area contributed by atoms with E-state index in [1.54, 1.807) is 32.9 Å². The van der Waals surface area contributed by atoms with Crippen molar-refractivity contribution >= 4 is 58.6 Å². The number of H-pyrrole nitrogens is 1. The van der Waals surface area contributed by atoms with Crippen molar-refractivity contribution in [3.8, 4) is 5.75 Å². The number of carbonyl (C=O) groups is 6. The monoisotopic (exact) mass is 800 g/mol. The Labute approximate surface area is 326 Å². The molecule has 0 radical (unpaired) electrons. The Hall–Kier alpha value is -4.99. The maximum Gasteiger partial charge on any atom is 0.322 e. The number of aromatic nitrogens is 3. The second kappa shape index (κ2) is 22.5. The van der Waals surface area contributed by atoms with E-state index in [-0.39, 0.29) is 59.8 Å². The van der Waals surface area contributed by atoms with Gasteiger partial charge in [0.15, 0.2) is 18.3 Å². The quantitative estimate of drug-likeness (QED) is 0.0574. The zero-order valence-electron chi connectivity index (χ0n) is 31.0. The first-order chi connectivity index (χ1) is 26.9. The predicted octanol–water partition coefficient (Wildman–Crippen LogP) is 0.0314. The summed E-state index contributed by atoms with van der Waals surface area (Å²) in [5.74, 6) is -2.80. The number of hydrogen-bond acceptors (Lipinski definition) is 14. The molecule has 19 nitrogen and oxygen atoms in total. The van der Waals surface area contributed by atoms with Gasteiger partial charge in [0.05, 0.1) is 49.4 Å². The Balaban J connectivity index is 1.21. The molecule has 1 aliphatic heterocycles. The van der Waals surface area contributed by atoms with Crippen LogP contribution in [0.15, 0.2) is 35.6 Å². The van der Waals surface area contributed by atoms with Crippen molar-refractivity contribution in [2.45, 2.75) is 30.2 Å². The Kier molecular flexibility index (Phi) is 17.6. The van der Waals surface area contributed by atoms with Crippen LogP contribution < -0.4 is 10.1 Å². The average Bonchev–Trinajstić information content (AvgIpc) is 3.58. The summed E-state index contributed by atoms with van der Waals surface area (Å²) in [5, 5.41) is 31.3. The fraction of sp³-hybridized carbons (Fsp3) is 0.500. The van der Waals surface area contributed by atoms with Gasteiger partial charge in [0.1, 0.15) is 11.4 Å². The van der Waals surface area contributed by atoms with Crippen LogP contribution in [0.4, 0.5) is 0 Å². The van der Waals surface area contributed by atoms with E-state index in [2.05, 4.69) is 20.3 Å². The molecular weight excluding hydrogens is 753 g/mol. The molecule has 4 rings (SSSR count). The molecule has 3 heterocycles. The van der Waals surface area contributed by atoms with Gasteiger partial charge in [-0.3, -0.25) is 58.3 Å². The highest BCUT2D eigenvalue weighted by Gasteiger charge is 2.23. The molecule has 1 aliphatic rings. The molecule has 304 valence electrons. The summed E-state index contributed by atoms with van der Waals surface area (Å²) in [5.41, 5.74) is 1.70. The summed E-state index contributed by atoms with van der Waals surface area (Å²) in [6, 6.07) is 6.67. The van der Waals surface area contributed by atoms with Crippen molar-refractivity contribution in [3.05, 3.63) is 47.3 Å². The van der Waals surface area contributed by atoms with Gasteiger partial charge in [0.25, 0.3) is 0 Å². The van der Waals surface area contributed by atoms with E-state index in [0.29, 0.717) is 108 Å². The molecule has 2 aromatic heterocycles. The Morgan fingerprint density at radius 1 is 0.804 bits per heavy atom. The van der Waals surface area contributed by atoms with Crippen LogP contribution in [-0.4, -0.2) is 183 Å². The minimum Gasteiger partial charge on any atom is -0.609 e. The van der Waals surface area contributed by atoms with Crippen molar-refractivity contribution < 1.29 is 53.4 Å². The number of benzene rings is 1. The number of aldehydes is 2. The molecule has 1 aromatic carbocycles. The maximum absolute atomic E-state index is 13.0. The molecule has 3 aromatic rings. The average molecular weight is 801 g/mol. The first-order valence-corrected chi connectivity index (χ1v) is 19.5. The molecule has 0 saturated carbocycles. The number of ether oxygens (including phenoxy) is 1. The van der Waals surface area contributed by atoms with Crippen LogP contribution in [0.3, 0.4) is 0 Å². The SMILES string of the molecule is O=Cc1ccnc(C[S+]([O-])c2nc3cc(OCCCCCNC(=O)CN4CCN(CC(=O)O)CCN(CC(=O)O)CCN(CC(=O)O)CC4)ccc3[nH]2)c1C=O. The molecule has 0 aliphatic carbocycles. The normalized spacial score (nSPS) is 16.0. The fourth-order valence-corrected chi connectivity index (χ4v) is 7.14. The maximum atomic E-state index is 13.0. The van der Waals surface area contributed by atoms with Crippen LogP contribution in [-0.2, 0) is 36.1 Å². The van der Waals surface area contributed by atoms with Gasteiger partial charge in [-0.1, -0.05) is 0 Å². The molecule has 1 atom stereocenters. The number of pyridine rings is 1. The van der Waals surface area contributed by atoms with Gasteiger partial charge >= 0.3 is 23.1 Å². The van der Waals surface area contributed by atoms with Gasteiger partial charge in [0, 0.05) is 87.9 Å². The lowest BCUT2D eigenvalue weighted by atomic mass is 10.1. The third kappa shape index (κ3) is 14.6. The van der Waals surface area contributed by atoms with Crippen molar-refractivity contribution in [1.29, 1.82) is 0 Å². The molecule has 5 N–H and O–H groups in total. The summed E-state index contributed by atoms with van der Waals surface area (Å²) in [6.45, 7) is 2.73. The summed E-state index contributed by atoms with van der Waals surface area (Å²) in [7, 11) is 0.